The van der Waals surface area contributed by atoms with Crippen molar-refractivity contribution in [2.24, 2.45) is 0 Å². The van der Waals surface area contributed by atoms with Crippen LogP contribution in [-0.4, -0.2) is 9.55 Å². The summed E-state index contributed by atoms with van der Waals surface area (Å²) in [5, 5.41) is 9.20. The minimum absolute atomic E-state index is 1.09. The van der Waals surface area contributed by atoms with Crippen LogP contribution in [0.3, 0.4) is 0 Å². The molecule has 2 nitrogen and oxygen atoms in total. The number of nitrogens with zero attached hydrogens (tertiary/aromatic N) is 1. The molecule has 7 aromatic rings. The quantitative estimate of drug-likeness (QED) is 0.267. The Morgan fingerprint density at radius 2 is 1.32 bits per heavy atom. The van der Waals surface area contributed by atoms with Crippen LogP contribution in [0, 0.1) is 0 Å². The molecule has 0 fully saturated rings. The van der Waals surface area contributed by atoms with Crippen LogP contribution in [0.25, 0.3) is 66.0 Å². The van der Waals surface area contributed by atoms with Gasteiger partial charge in [0.2, 0.25) is 0 Å². The lowest BCUT2D eigenvalue weighted by Gasteiger charge is -2.10. The van der Waals surface area contributed by atoms with Gasteiger partial charge in [-0.2, -0.15) is 0 Å². The van der Waals surface area contributed by atoms with Crippen molar-refractivity contribution in [1.82, 2.24) is 9.55 Å². The van der Waals surface area contributed by atoms with E-state index in [1.54, 1.807) is 0 Å². The first-order chi connectivity index (χ1) is 16.9. The van der Waals surface area contributed by atoms with E-state index >= 15 is 0 Å². The van der Waals surface area contributed by atoms with Crippen LogP contribution < -0.4 is 0 Å². The molecule has 5 aromatic carbocycles. The van der Waals surface area contributed by atoms with Crippen LogP contribution in [-0.2, 0) is 6.42 Å². The molecular formula is C32H22N2. The first kappa shape index (κ1) is 18.2. The van der Waals surface area contributed by atoms with Gasteiger partial charge in [0.05, 0.1) is 11.0 Å². The number of hydrogen-bond donors (Lipinski definition) is 1. The molecule has 1 aliphatic rings. The fourth-order valence-corrected chi connectivity index (χ4v) is 6.06. The molecule has 0 saturated carbocycles. The predicted molar refractivity (Wildman–Crippen MR) is 145 cm³/mol. The van der Waals surface area contributed by atoms with Gasteiger partial charge in [-0.05, 0) is 76.4 Å². The first-order valence-corrected chi connectivity index (χ1v) is 12.0. The zero-order chi connectivity index (χ0) is 22.2. The molecule has 0 aliphatic heterocycles. The Morgan fingerprint density at radius 1 is 0.647 bits per heavy atom. The van der Waals surface area contributed by atoms with Gasteiger partial charge in [0, 0.05) is 33.1 Å². The highest BCUT2D eigenvalue weighted by Crippen LogP contribution is 2.41. The number of rotatable bonds is 1. The van der Waals surface area contributed by atoms with Crippen LogP contribution in [0.15, 0.2) is 97.1 Å². The standard InChI is InChI=1S/C32H22N2/c1-3-9-23-20(7-1)13-17-29-31(23)32-24-10-4-2-8-21(24)14-18-30(32)34(29)22-15-16-28-26(19-22)25-11-5-6-12-27(25)33-28/h1-4,6-10,12-19,33H,5,11H2. The summed E-state index contributed by atoms with van der Waals surface area (Å²) in [7, 11) is 0. The minimum atomic E-state index is 1.09. The van der Waals surface area contributed by atoms with Crippen molar-refractivity contribution in [1.29, 1.82) is 0 Å². The van der Waals surface area contributed by atoms with Gasteiger partial charge >= 0.3 is 0 Å². The molecule has 0 bridgehead atoms. The zero-order valence-electron chi connectivity index (χ0n) is 18.7. The number of allylic oxidation sites excluding steroid dienone is 1. The molecule has 0 spiro atoms. The Bertz CT molecular complexity index is 1870. The van der Waals surface area contributed by atoms with Gasteiger partial charge in [0.25, 0.3) is 0 Å². The maximum atomic E-state index is 3.62. The van der Waals surface area contributed by atoms with Gasteiger partial charge in [-0.3, -0.25) is 0 Å². The molecule has 2 aromatic heterocycles. The van der Waals surface area contributed by atoms with E-state index in [0.29, 0.717) is 0 Å². The molecule has 1 N–H and O–H groups in total. The lowest BCUT2D eigenvalue weighted by Crippen LogP contribution is -1.94. The maximum absolute atomic E-state index is 3.62. The van der Waals surface area contributed by atoms with Gasteiger partial charge < -0.3 is 9.55 Å². The number of hydrogen-bond acceptors (Lipinski definition) is 0. The number of aryl methyl sites for hydroxylation is 1. The van der Waals surface area contributed by atoms with E-state index in [0.717, 1.165) is 12.8 Å². The molecule has 2 heterocycles. The highest BCUT2D eigenvalue weighted by molar-refractivity contribution is 6.28. The number of aromatic amines is 1. The van der Waals surface area contributed by atoms with Gasteiger partial charge in [-0.1, -0.05) is 66.7 Å². The molecule has 0 atom stereocenters. The van der Waals surface area contributed by atoms with Crippen LogP contribution in [0.2, 0.25) is 0 Å². The average Bonchev–Trinajstić information content (AvgIpc) is 3.44. The number of nitrogens with one attached hydrogen (secondary N) is 1. The summed E-state index contributed by atoms with van der Waals surface area (Å²) < 4.78 is 2.46. The molecule has 2 heteroatoms. The molecular weight excluding hydrogens is 412 g/mol. The summed E-state index contributed by atoms with van der Waals surface area (Å²) in [5.74, 6) is 0. The summed E-state index contributed by atoms with van der Waals surface area (Å²) in [6.07, 6.45) is 6.70. The zero-order valence-corrected chi connectivity index (χ0v) is 18.7. The molecule has 0 radical (unpaired) electrons. The van der Waals surface area contributed by atoms with Crippen molar-refractivity contribution in [3.05, 3.63) is 108 Å². The molecule has 0 amide bonds. The lowest BCUT2D eigenvalue weighted by atomic mass is 10.00. The third kappa shape index (κ3) is 2.35. The van der Waals surface area contributed by atoms with Crippen LogP contribution in [0.4, 0.5) is 0 Å². The molecule has 1 aliphatic carbocycles. The van der Waals surface area contributed by atoms with E-state index in [9.17, 15) is 0 Å². The number of aromatic nitrogens is 2. The Kier molecular flexibility index (Phi) is 3.53. The van der Waals surface area contributed by atoms with Crippen molar-refractivity contribution >= 4 is 60.3 Å². The van der Waals surface area contributed by atoms with E-state index in [2.05, 4.69) is 113 Å². The molecule has 34 heavy (non-hydrogen) atoms. The maximum Gasteiger partial charge on any atom is 0.0547 e. The summed E-state index contributed by atoms with van der Waals surface area (Å²) in [6, 6.07) is 33.5. The monoisotopic (exact) mass is 434 g/mol. The highest BCUT2D eigenvalue weighted by Gasteiger charge is 2.18. The number of H-pyrrole nitrogens is 1. The number of benzene rings is 5. The summed E-state index contributed by atoms with van der Waals surface area (Å²) in [6.45, 7) is 0. The van der Waals surface area contributed by atoms with E-state index in [-0.39, 0.29) is 0 Å². The van der Waals surface area contributed by atoms with Gasteiger partial charge in [-0.15, -0.1) is 0 Å². The second-order valence-electron chi connectivity index (χ2n) is 9.39. The van der Waals surface area contributed by atoms with Crippen molar-refractivity contribution < 1.29 is 0 Å². The third-order valence-corrected chi connectivity index (χ3v) is 7.57. The molecule has 0 unspecified atom stereocenters. The summed E-state index contributed by atoms with van der Waals surface area (Å²) in [4.78, 5) is 3.62. The smallest absolute Gasteiger partial charge is 0.0547 e. The Morgan fingerprint density at radius 3 is 2.03 bits per heavy atom. The molecule has 160 valence electrons. The van der Waals surface area contributed by atoms with Gasteiger partial charge in [0.1, 0.15) is 0 Å². The van der Waals surface area contributed by atoms with Crippen molar-refractivity contribution in [2.45, 2.75) is 12.8 Å². The van der Waals surface area contributed by atoms with Crippen molar-refractivity contribution in [3.63, 3.8) is 0 Å². The number of fused-ring (bicyclic) bond motifs is 10. The normalized spacial score (nSPS) is 13.5. The fraction of sp³-hybridized carbons (Fsp3) is 0.0625. The minimum Gasteiger partial charge on any atom is -0.355 e. The SMILES string of the molecule is C1=Cc2[nH]c3ccc(-n4c5ccc6ccccc6c5c5c6ccccc6ccc54)cc3c2CC1. The summed E-state index contributed by atoms with van der Waals surface area (Å²) >= 11 is 0. The largest absolute Gasteiger partial charge is 0.355 e. The molecule has 8 rings (SSSR count). The van der Waals surface area contributed by atoms with Crippen molar-refractivity contribution in [2.75, 3.05) is 0 Å². The van der Waals surface area contributed by atoms with E-state index in [1.807, 2.05) is 0 Å². The van der Waals surface area contributed by atoms with Crippen LogP contribution >= 0.6 is 0 Å². The first-order valence-electron chi connectivity index (χ1n) is 12.0. The Hall–Kier alpha value is -4.30. The van der Waals surface area contributed by atoms with Crippen molar-refractivity contribution in [3.8, 4) is 5.69 Å². The average molecular weight is 435 g/mol. The Balaban J connectivity index is 1.56. The second-order valence-corrected chi connectivity index (χ2v) is 9.39. The Labute approximate surface area is 196 Å². The van der Waals surface area contributed by atoms with Crippen LogP contribution in [0.1, 0.15) is 17.7 Å². The highest BCUT2D eigenvalue weighted by atomic mass is 15.0. The van der Waals surface area contributed by atoms with Gasteiger partial charge in [0.15, 0.2) is 0 Å². The van der Waals surface area contributed by atoms with E-state index in [4.69, 9.17) is 0 Å². The van der Waals surface area contributed by atoms with Gasteiger partial charge in [-0.25, -0.2) is 0 Å². The third-order valence-electron chi connectivity index (χ3n) is 7.57. The topological polar surface area (TPSA) is 20.7 Å². The summed E-state index contributed by atoms with van der Waals surface area (Å²) in [5.41, 5.74) is 7.66. The second kappa shape index (κ2) is 6.61. The van der Waals surface area contributed by atoms with Crippen LogP contribution in [0.5, 0.6) is 0 Å². The molecule has 0 saturated heterocycles. The van der Waals surface area contributed by atoms with E-state index in [1.165, 1.54) is 71.2 Å². The van der Waals surface area contributed by atoms with E-state index < -0.39 is 0 Å². The lowest BCUT2D eigenvalue weighted by molar-refractivity contribution is 0.992. The predicted octanol–water partition coefficient (Wildman–Crippen LogP) is 8.53. The fourth-order valence-electron chi connectivity index (χ4n) is 6.06.